The summed E-state index contributed by atoms with van der Waals surface area (Å²) in [5.74, 6) is -1.81. The number of nitrogens with zero attached hydrogens (tertiary/aromatic N) is 1. The zero-order valence-corrected chi connectivity index (χ0v) is 15.4. The van der Waals surface area contributed by atoms with Crippen LogP contribution in [0.25, 0.3) is 0 Å². The van der Waals surface area contributed by atoms with Crippen LogP contribution in [0.3, 0.4) is 0 Å². The molecule has 2 rings (SSSR count). The molecule has 0 fully saturated rings. The quantitative estimate of drug-likeness (QED) is 0.499. The van der Waals surface area contributed by atoms with Crippen molar-refractivity contribution in [1.82, 2.24) is 10.6 Å². The number of carbonyl (C=O) groups excluding carboxylic acids is 2. The molecule has 0 aliphatic rings. The van der Waals surface area contributed by atoms with Crippen LogP contribution in [0.2, 0.25) is 0 Å². The first-order valence-electron chi connectivity index (χ1n) is 8.61. The van der Waals surface area contributed by atoms with Gasteiger partial charge in [-0.05, 0) is 23.6 Å². The third-order valence-electron chi connectivity index (χ3n) is 3.94. The number of halogens is 1. The van der Waals surface area contributed by atoms with Crippen molar-refractivity contribution in [2.24, 2.45) is 5.92 Å². The number of nitro benzene ring substituents is 1. The molecule has 0 aliphatic carbocycles. The van der Waals surface area contributed by atoms with Crippen molar-refractivity contribution in [3.05, 3.63) is 70.0 Å². The molecule has 0 saturated heterocycles. The summed E-state index contributed by atoms with van der Waals surface area (Å²) in [4.78, 5) is 34.6. The number of carbonyl (C=O) groups is 2. The van der Waals surface area contributed by atoms with E-state index < -0.39 is 34.4 Å². The van der Waals surface area contributed by atoms with Gasteiger partial charge >= 0.3 is 11.7 Å². The molecule has 0 radical (unpaired) electrons. The first-order valence-corrected chi connectivity index (χ1v) is 8.61. The van der Waals surface area contributed by atoms with E-state index in [9.17, 15) is 24.1 Å². The highest BCUT2D eigenvalue weighted by Crippen LogP contribution is 2.22. The van der Waals surface area contributed by atoms with Gasteiger partial charge in [-0.3, -0.25) is 14.9 Å². The molecule has 3 N–H and O–H groups in total. The van der Waals surface area contributed by atoms with Crippen molar-refractivity contribution in [2.45, 2.75) is 26.4 Å². The highest BCUT2D eigenvalue weighted by atomic mass is 19.1. The molecule has 1 atom stereocenters. The molecule has 0 heterocycles. The second-order valence-corrected chi connectivity index (χ2v) is 6.45. The van der Waals surface area contributed by atoms with E-state index in [1.165, 1.54) is 6.07 Å². The molecule has 148 valence electrons. The van der Waals surface area contributed by atoms with Gasteiger partial charge in [0.15, 0.2) is 0 Å². The lowest BCUT2D eigenvalue weighted by atomic mass is 10.0. The molecule has 0 spiro atoms. The molecular formula is C19H21FN4O4. The Morgan fingerprint density at radius 3 is 2.43 bits per heavy atom. The van der Waals surface area contributed by atoms with E-state index in [2.05, 4.69) is 16.0 Å². The fourth-order valence-electron chi connectivity index (χ4n) is 2.46. The van der Waals surface area contributed by atoms with Crippen LogP contribution in [0, 0.1) is 21.8 Å². The van der Waals surface area contributed by atoms with Gasteiger partial charge in [-0.2, -0.15) is 4.39 Å². The summed E-state index contributed by atoms with van der Waals surface area (Å²) in [6, 6.07) is 10.9. The predicted molar refractivity (Wildman–Crippen MR) is 102 cm³/mol. The van der Waals surface area contributed by atoms with E-state index in [4.69, 9.17) is 0 Å². The third-order valence-corrected chi connectivity index (χ3v) is 3.94. The van der Waals surface area contributed by atoms with E-state index in [0.717, 1.165) is 17.7 Å². The lowest BCUT2D eigenvalue weighted by Gasteiger charge is -2.22. The lowest BCUT2D eigenvalue weighted by molar-refractivity contribution is -0.387. The topological polar surface area (TPSA) is 113 Å². The maximum atomic E-state index is 13.4. The number of nitrogens with one attached hydrogen (secondary N) is 3. The summed E-state index contributed by atoms with van der Waals surface area (Å²) in [6.07, 6.45) is 0. The zero-order valence-electron chi connectivity index (χ0n) is 15.4. The molecule has 0 bridgehead atoms. The Bertz CT molecular complexity index is 858. The molecular weight excluding hydrogens is 367 g/mol. The number of rotatable bonds is 7. The molecule has 1 unspecified atom stereocenters. The Labute approximate surface area is 161 Å². The Hall–Kier alpha value is -3.49. The highest BCUT2D eigenvalue weighted by Gasteiger charge is 2.25. The van der Waals surface area contributed by atoms with Crippen LogP contribution in [0.5, 0.6) is 0 Å². The monoisotopic (exact) mass is 388 g/mol. The smallest absolute Gasteiger partial charge is 0.315 e. The first-order chi connectivity index (χ1) is 13.3. The third kappa shape index (κ3) is 5.76. The minimum absolute atomic E-state index is 0.0650. The van der Waals surface area contributed by atoms with Crippen LogP contribution in [0.4, 0.5) is 20.6 Å². The van der Waals surface area contributed by atoms with E-state index >= 15 is 0 Å². The van der Waals surface area contributed by atoms with Crippen molar-refractivity contribution in [2.75, 3.05) is 5.32 Å². The molecule has 8 nitrogen and oxygen atoms in total. The molecule has 0 saturated carbocycles. The Kier molecular flexibility index (Phi) is 7.02. The summed E-state index contributed by atoms with van der Waals surface area (Å²) < 4.78 is 13.4. The van der Waals surface area contributed by atoms with E-state index in [1.807, 2.05) is 30.3 Å². The largest absolute Gasteiger partial charge is 0.334 e. The SMILES string of the molecule is CC(C)C(NC(=O)NCc1ccccc1)C(=O)Nc1ccc(F)c([N+](=O)[O-])c1. The number of benzene rings is 2. The standard InChI is InChI=1S/C19H21FN4O4/c1-12(2)17(23-19(26)21-11-13-6-4-3-5-7-13)18(25)22-14-8-9-15(20)16(10-14)24(27)28/h3-10,12,17H,11H2,1-2H3,(H,22,25)(H2,21,23,26). The maximum absolute atomic E-state index is 13.4. The fourth-order valence-corrected chi connectivity index (χ4v) is 2.46. The molecule has 9 heteroatoms. The van der Waals surface area contributed by atoms with Gasteiger partial charge in [0.25, 0.3) is 0 Å². The maximum Gasteiger partial charge on any atom is 0.315 e. The van der Waals surface area contributed by atoms with Crippen LogP contribution in [-0.4, -0.2) is 22.9 Å². The van der Waals surface area contributed by atoms with Crippen LogP contribution < -0.4 is 16.0 Å². The van der Waals surface area contributed by atoms with Crippen LogP contribution in [0.15, 0.2) is 48.5 Å². The van der Waals surface area contributed by atoms with Gasteiger partial charge in [0, 0.05) is 18.3 Å². The zero-order chi connectivity index (χ0) is 20.7. The number of amides is 3. The molecule has 2 aromatic carbocycles. The molecule has 0 aromatic heterocycles. The summed E-state index contributed by atoms with van der Waals surface area (Å²) in [5.41, 5.74) is 0.226. The highest BCUT2D eigenvalue weighted by molar-refractivity contribution is 5.97. The van der Waals surface area contributed by atoms with Crippen molar-refractivity contribution >= 4 is 23.3 Å². The number of hydrogen-bond acceptors (Lipinski definition) is 4. The van der Waals surface area contributed by atoms with Crippen LogP contribution in [-0.2, 0) is 11.3 Å². The van der Waals surface area contributed by atoms with E-state index in [-0.39, 0.29) is 11.6 Å². The lowest BCUT2D eigenvalue weighted by Crippen LogP contribution is -2.50. The number of anilines is 1. The molecule has 3 amide bonds. The average Bonchev–Trinajstić information content (AvgIpc) is 2.66. The summed E-state index contributed by atoms with van der Waals surface area (Å²) >= 11 is 0. The summed E-state index contributed by atoms with van der Waals surface area (Å²) in [6.45, 7) is 3.78. The number of urea groups is 1. The Morgan fingerprint density at radius 2 is 1.82 bits per heavy atom. The van der Waals surface area contributed by atoms with Crippen LogP contribution in [0.1, 0.15) is 19.4 Å². The van der Waals surface area contributed by atoms with E-state index in [1.54, 1.807) is 13.8 Å². The Balaban J connectivity index is 2.00. The van der Waals surface area contributed by atoms with Crippen molar-refractivity contribution in [1.29, 1.82) is 0 Å². The average molecular weight is 388 g/mol. The number of nitro groups is 1. The van der Waals surface area contributed by atoms with Crippen molar-refractivity contribution < 1.29 is 18.9 Å². The van der Waals surface area contributed by atoms with Crippen molar-refractivity contribution in [3.8, 4) is 0 Å². The Morgan fingerprint density at radius 1 is 1.14 bits per heavy atom. The van der Waals surface area contributed by atoms with Crippen LogP contribution >= 0.6 is 0 Å². The van der Waals surface area contributed by atoms with Gasteiger partial charge in [0.1, 0.15) is 6.04 Å². The van der Waals surface area contributed by atoms with Gasteiger partial charge in [-0.25, -0.2) is 4.79 Å². The molecule has 0 aliphatic heterocycles. The number of hydrogen-bond donors (Lipinski definition) is 3. The minimum atomic E-state index is -0.998. The molecule has 2 aromatic rings. The first kappa shape index (κ1) is 20.8. The van der Waals surface area contributed by atoms with Gasteiger partial charge < -0.3 is 16.0 Å². The normalized spacial score (nSPS) is 11.6. The minimum Gasteiger partial charge on any atom is -0.334 e. The van der Waals surface area contributed by atoms with Gasteiger partial charge in [-0.15, -0.1) is 0 Å². The second kappa shape index (κ2) is 9.45. The van der Waals surface area contributed by atoms with Crippen molar-refractivity contribution in [3.63, 3.8) is 0 Å². The summed E-state index contributed by atoms with van der Waals surface area (Å²) in [7, 11) is 0. The fraction of sp³-hybridized carbons (Fsp3) is 0.263. The van der Waals surface area contributed by atoms with Gasteiger partial charge in [-0.1, -0.05) is 44.2 Å². The van der Waals surface area contributed by atoms with Gasteiger partial charge in [0.2, 0.25) is 11.7 Å². The second-order valence-electron chi connectivity index (χ2n) is 6.45. The summed E-state index contributed by atoms with van der Waals surface area (Å²) in [5, 5.41) is 18.5. The molecule has 28 heavy (non-hydrogen) atoms. The van der Waals surface area contributed by atoms with Gasteiger partial charge in [0.05, 0.1) is 4.92 Å². The van der Waals surface area contributed by atoms with E-state index in [0.29, 0.717) is 6.54 Å². The predicted octanol–water partition coefficient (Wildman–Crippen LogP) is 3.20.